The zero-order valence-corrected chi connectivity index (χ0v) is 20.0. The quantitative estimate of drug-likeness (QED) is 0.127. The normalized spacial score (nSPS) is 12.6. The molecule has 0 bridgehead atoms. The minimum atomic E-state index is -1.14. The molecule has 172 valence electrons. The van der Waals surface area contributed by atoms with Crippen LogP contribution in [-0.4, -0.2) is 25.2 Å². The minimum Gasteiger partial charge on any atom is -0.465 e. The number of rotatable bonds is 19. The van der Waals surface area contributed by atoms with Gasteiger partial charge in [-0.05, 0) is 31.6 Å². The van der Waals surface area contributed by atoms with Crippen LogP contribution >= 0.6 is 0 Å². The fraction of sp³-hybridized carbons (Fsp3) is 0.920. The van der Waals surface area contributed by atoms with Crippen molar-refractivity contribution in [3.05, 3.63) is 0 Å². The van der Waals surface area contributed by atoms with Gasteiger partial charge in [-0.1, -0.05) is 98.8 Å². The summed E-state index contributed by atoms with van der Waals surface area (Å²) in [6.45, 7) is 11.0. The van der Waals surface area contributed by atoms with Crippen molar-refractivity contribution in [3.8, 4) is 0 Å². The van der Waals surface area contributed by atoms with Crippen molar-refractivity contribution in [3.63, 3.8) is 0 Å². The van der Waals surface area contributed by atoms with E-state index in [1.165, 1.54) is 51.4 Å². The lowest BCUT2D eigenvalue weighted by Gasteiger charge is -2.27. The van der Waals surface area contributed by atoms with Crippen LogP contribution in [0.4, 0.5) is 0 Å². The number of esters is 2. The van der Waals surface area contributed by atoms with Crippen LogP contribution in [0.25, 0.3) is 0 Å². The summed E-state index contributed by atoms with van der Waals surface area (Å²) in [5, 5.41) is 0. The lowest BCUT2D eigenvalue weighted by atomic mass is 9.82. The van der Waals surface area contributed by atoms with Gasteiger partial charge in [0.2, 0.25) is 0 Å². The van der Waals surface area contributed by atoms with Gasteiger partial charge in [0.1, 0.15) is 0 Å². The first-order valence-electron chi connectivity index (χ1n) is 12.3. The highest BCUT2D eigenvalue weighted by Gasteiger charge is 2.45. The van der Waals surface area contributed by atoms with Crippen molar-refractivity contribution >= 4 is 11.9 Å². The number of carbonyl (C=O) groups is 2. The molecule has 0 spiro atoms. The van der Waals surface area contributed by atoms with Crippen molar-refractivity contribution in [1.29, 1.82) is 0 Å². The van der Waals surface area contributed by atoms with Crippen molar-refractivity contribution in [2.24, 2.45) is 11.3 Å². The van der Waals surface area contributed by atoms with E-state index >= 15 is 0 Å². The summed E-state index contributed by atoms with van der Waals surface area (Å²) >= 11 is 0. The van der Waals surface area contributed by atoms with Crippen LogP contribution < -0.4 is 0 Å². The van der Waals surface area contributed by atoms with Gasteiger partial charge in [0.25, 0.3) is 0 Å². The molecule has 0 amide bonds. The van der Waals surface area contributed by atoms with Gasteiger partial charge in [-0.2, -0.15) is 0 Å². The molecule has 0 saturated heterocycles. The molecule has 0 rings (SSSR count). The third kappa shape index (κ3) is 11.6. The summed E-state index contributed by atoms with van der Waals surface area (Å²) in [6, 6.07) is 0. The average Bonchev–Trinajstić information content (AvgIpc) is 2.73. The third-order valence-electron chi connectivity index (χ3n) is 6.26. The Labute approximate surface area is 180 Å². The van der Waals surface area contributed by atoms with Crippen molar-refractivity contribution in [2.75, 3.05) is 13.2 Å². The lowest BCUT2D eigenvalue weighted by molar-refractivity contribution is -0.173. The molecule has 0 aliphatic rings. The molecular formula is C25H48O4. The molecule has 0 saturated carbocycles. The molecule has 0 heterocycles. The molecule has 0 aromatic rings. The Hall–Kier alpha value is -1.06. The first-order valence-corrected chi connectivity index (χ1v) is 12.3. The smallest absolute Gasteiger partial charge is 0.323 e. The minimum absolute atomic E-state index is 0.376. The third-order valence-corrected chi connectivity index (χ3v) is 6.26. The van der Waals surface area contributed by atoms with E-state index in [0.717, 1.165) is 25.7 Å². The van der Waals surface area contributed by atoms with Crippen molar-refractivity contribution < 1.29 is 19.1 Å². The molecule has 0 fully saturated rings. The van der Waals surface area contributed by atoms with Gasteiger partial charge in [0.05, 0.1) is 13.2 Å². The molecule has 4 heteroatoms. The fourth-order valence-electron chi connectivity index (χ4n) is 3.50. The zero-order chi connectivity index (χ0) is 22.0. The van der Waals surface area contributed by atoms with Crippen LogP contribution in [0, 0.1) is 11.3 Å². The first kappa shape index (κ1) is 27.9. The summed E-state index contributed by atoms with van der Waals surface area (Å²) in [5.74, 6) is -0.311. The van der Waals surface area contributed by atoms with E-state index in [9.17, 15) is 9.59 Å². The Balaban J connectivity index is 4.09. The Morgan fingerprint density at radius 2 is 1.14 bits per heavy atom. The number of ether oxygens (including phenoxy) is 2. The Morgan fingerprint density at radius 3 is 1.59 bits per heavy atom. The number of unbranched alkanes of at least 4 members (excludes halogenated alkanes) is 9. The van der Waals surface area contributed by atoms with E-state index < -0.39 is 17.4 Å². The van der Waals surface area contributed by atoms with Crippen LogP contribution in [-0.2, 0) is 19.1 Å². The SMILES string of the molecule is CCCCCCCCCCCCOC(=O)C(CC)(CC)C(=O)OCCC(C)CC. The van der Waals surface area contributed by atoms with Crippen molar-refractivity contribution in [2.45, 2.75) is 125 Å². The molecular weight excluding hydrogens is 364 g/mol. The second-order valence-corrected chi connectivity index (χ2v) is 8.55. The highest BCUT2D eigenvalue weighted by molar-refractivity contribution is 5.99. The van der Waals surface area contributed by atoms with E-state index in [-0.39, 0.29) is 0 Å². The summed E-state index contributed by atoms with van der Waals surface area (Å²) in [7, 11) is 0. The molecule has 0 aliphatic carbocycles. The lowest BCUT2D eigenvalue weighted by Crippen LogP contribution is -2.41. The van der Waals surface area contributed by atoms with E-state index in [2.05, 4.69) is 20.8 Å². The predicted molar refractivity (Wildman–Crippen MR) is 121 cm³/mol. The van der Waals surface area contributed by atoms with Gasteiger partial charge in [-0.3, -0.25) is 9.59 Å². The summed E-state index contributed by atoms with van der Waals surface area (Å²) in [6.07, 6.45) is 15.1. The van der Waals surface area contributed by atoms with E-state index in [0.29, 0.717) is 32.0 Å². The molecule has 0 radical (unpaired) electrons. The number of hydrogen-bond donors (Lipinski definition) is 0. The van der Waals surface area contributed by atoms with E-state index in [1.807, 2.05) is 13.8 Å². The van der Waals surface area contributed by atoms with Gasteiger partial charge in [0, 0.05) is 0 Å². The van der Waals surface area contributed by atoms with Gasteiger partial charge in [0.15, 0.2) is 5.41 Å². The Kier molecular flexibility index (Phi) is 17.1. The van der Waals surface area contributed by atoms with Crippen LogP contribution in [0.2, 0.25) is 0 Å². The largest absolute Gasteiger partial charge is 0.465 e. The summed E-state index contributed by atoms with van der Waals surface area (Å²) in [4.78, 5) is 25.3. The van der Waals surface area contributed by atoms with Crippen molar-refractivity contribution in [1.82, 2.24) is 0 Å². The summed E-state index contributed by atoms with van der Waals surface area (Å²) in [5.41, 5.74) is -1.14. The molecule has 0 aromatic carbocycles. The summed E-state index contributed by atoms with van der Waals surface area (Å²) < 4.78 is 10.9. The average molecular weight is 413 g/mol. The second-order valence-electron chi connectivity index (χ2n) is 8.55. The topological polar surface area (TPSA) is 52.6 Å². The Morgan fingerprint density at radius 1 is 0.690 bits per heavy atom. The van der Waals surface area contributed by atoms with E-state index in [4.69, 9.17) is 9.47 Å². The number of hydrogen-bond acceptors (Lipinski definition) is 4. The van der Waals surface area contributed by atoms with Gasteiger partial charge in [-0.25, -0.2) is 0 Å². The number of carbonyl (C=O) groups excluding carboxylic acids is 2. The molecule has 1 unspecified atom stereocenters. The molecule has 0 aromatic heterocycles. The highest BCUT2D eigenvalue weighted by atomic mass is 16.6. The molecule has 4 nitrogen and oxygen atoms in total. The van der Waals surface area contributed by atoms with Crippen LogP contribution in [0.5, 0.6) is 0 Å². The van der Waals surface area contributed by atoms with Crippen LogP contribution in [0.1, 0.15) is 125 Å². The molecule has 29 heavy (non-hydrogen) atoms. The van der Waals surface area contributed by atoms with Crippen LogP contribution in [0.15, 0.2) is 0 Å². The van der Waals surface area contributed by atoms with E-state index in [1.54, 1.807) is 0 Å². The standard InChI is InChI=1S/C25H48O4/c1-6-10-11-12-13-14-15-16-17-18-20-28-23(26)25(8-3,9-4)24(27)29-21-19-22(5)7-2/h22H,6-21H2,1-5H3. The van der Waals surface area contributed by atoms with Gasteiger partial charge < -0.3 is 9.47 Å². The molecule has 0 aliphatic heterocycles. The predicted octanol–water partition coefficient (Wildman–Crippen LogP) is 7.24. The molecule has 1 atom stereocenters. The monoisotopic (exact) mass is 412 g/mol. The fourth-order valence-corrected chi connectivity index (χ4v) is 3.50. The maximum atomic E-state index is 12.7. The Bertz CT molecular complexity index is 415. The maximum absolute atomic E-state index is 12.7. The molecule has 0 N–H and O–H groups in total. The first-order chi connectivity index (χ1) is 14.0. The van der Waals surface area contributed by atoms with Gasteiger partial charge >= 0.3 is 11.9 Å². The zero-order valence-electron chi connectivity index (χ0n) is 20.0. The highest BCUT2D eigenvalue weighted by Crippen LogP contribution is 2.30. The second kappa shape index (κ2) is 17.8. The van der Waals surface area contributed by atoms with Crippen LogP contribution in [0.3, 0.4) is 0 Å². The maximum Gasteiger partial charge on any atom is 0.323 e. The van der Waals surface area contributed by atoms with Gasteiger partial charge in [-0.15, -0.1) is 0 Å².